The van der Waals surface area contributed by atoms with E-state index in [0.29, 0.717) is 0 Å². The highest BCUT2D eigenvalue weighted by Gasteiger charge is 2.14. The van der Waals surface area contributed by atoms with E-state index in [2.05, 4.69) is 63.6 Å². The molecular weight excluding hydrogens is 260 g/mol. The fourth-order valence-electron chi connectivity index (χ4n) is 2.55. The highest BCUT2D eigenvalue weighted by atomic mass is 15.1. The van der Waals surface area contributed by atoms with Gasteiger partial charge in [-0.1, -0.05) is 12.1 Å². The second-order valence-electron chi connectivity index (χ2n) is 5.20. The van der Waals surface area contributed by atoms with Gasteiger partial charge in [0.2, 0.25) is 0 Å². The number of pyridine rings is 1. The molecule has 0 bridgehead atoms. The molecule has 1 N–H and O–H groups in total. The maximum atomic E-state index is 4.54. The Bertz CT molecular complexity index is 622. The van der Waals surface area contributed by atoms with Crippen LogP contribution in [0.5, 0.6) is 0 Å². The monoisotopic (exact) mass is 280 g/mol. The molecule has 1 aromatic carbocycles. The van der Waals surface area contributed by atoms with Crippen LogP contribution in [-0.4, -0.2) is 37.5 Å². The first-order valence-electron chi connectivity index (χ1n) is 7.32. The van der Waals surface area contributed by atoms with Crippen molar-refractivity contribution in [1.82, 2.24) is 10.3 Å². The van der Waals surface area contributed by atoms with Crippen LogP contribution in [0.3, 0.4) is 0 Å². The molecule has 1 aliphatic heterocycles. The van der Waals surface area contributed by atoms with Crippen LogP contribution < -0.4 is 10.2 Å². The van der Waals surface area contributed by atoms with Gasteiger partial charge < -0.3 is 10.2 Å². The van der Waals surface area contributed by atoms with E-state index in [9.17, 15) is 0 Å². The van der Waals surface area contributed by atoms with Crippen LogP contribution in [0.15, 0.2) is 53.8 Å². The van der Waals surface area contributed by atoms with E-state index in [4.69, 9.17) is 0 Å². The van der Waals surface area contributed by atoms with Gasteiger partial charge in [-0.15, -0.1) is 0 Å². The molecule has 0 amide bonds. The second kappa shape index (κ2) is 6.39. The number of nitrogens with zero attached hydrogens (tertiary/aromatic N) is 3. The van der Waals surface area contributed by atoms with Gasteiger partial charge in [0.15, 0.2) is 0 Å². The topological polar surface area (TPSA) is 40.5 Å². The summed E-state index contributed by atoms with van der Waals surface area (Å²) in [6.07, 6.45) is 4.70. The molecule has 3 rings (SSSR count). The summed E-state index contributed by atoms with van der Waals surface area (Å²) in [6.45, 7) is 2.77. The second-order valence-corrected chi connectivity index (χ2v) is 5.20. The van der Waals surface area contributed by atoms with Crippen molar-refractivity contribution in [2.75, 3.05) is 31.6 Å². The Kier molecular flexibility index (Phi) is 4.15. The third kappa shape index (κ3) is 3.21. The molecule has 0 spiro atoms. The van der Waals surface area contributed by atoms with Crippen LogP contribution in [0.4, 0.5) is 5.69 Å². The van der Waals surface area contributed by atoms with Gasteiger partial charge in [0.05, 0.1) is 6.54 Å². The van der Waals surface area contributed by atoms with Gasteiger partial charge in [0.25, 0.3) is 0 Å². The lowest BCUT2D eigenvalue weighted by Gasteiger charge is -2.22. The maximum Gasteiger partial charge on any atom is 0.130 e. The van der Waals surface area contributed by atoms with Crippen molar-refractivity contribution in [1.29, 1.82) is 0 Å². The van der Waals surface area contributed by atoms with Crippen LogP contribution in [-0.2, 0) is 6.42 Å². The number of hydrogen-bond donors (Lipinski definition) is 1. The van der Waals surface area contributed by atoms with Crippen LogP contribution in [0.25, 0.3) is 0 Å². The molecule has 1 aliphatic rings. The molecule has 0 atom stereocenters. The van der Waals surface area contributed by atoms with E-state index in [1.165, 1.54) is 16.8 Å². The molecule has 0 fully saturated rings. The summed E-state index contributed by atoms with van der Waals surface area (Å²) in [4.78, 5) is 10.9. The predicted molar refractivity (Wildman–Crippen MR) is 87.1 cm³/mol. The summed E-state index contributed by atoms with van der Waals surface area (Å²) in [7, 11) is 2.13. The van der Waals surface area contributed by atoms with Crippen molar-refractivity contribution in [3.63, 3.8) is 0 Å². The number of aromatic nitrogens is 1. The van der Waals surface area contributed by atoms with Crippen LogP contribution in [0.2, 0.25) is 0 Å². The van der Waals surface area contributed by atoms with Crippen molar-refractivity contribution >= 4 is 11.5 Å². The minimum atomic E-state index is 0.865. The van der Waals surface area contributed by atoms with Gasteiger partial charge in [-0.2, -0.15) is 0 Å². The summed E-state index contributed by atoms with van der Waals surface area (Å²) in [5.41, 5.74) is 3.72. The Hall–Kier alpha value is -2.36. The number of likely N-dealkylation sites (N-methyl/N-ethyl adjacent to an activating group) is 1. The number of para-hydroxylation sites is 1. The van der Waals surface area contributed by atoms with E-state index in [0.717, 1.165) is 31.9 Å². The van der Waals surface area contributed by atoms with Crippen molar-refractivity contribution < 1.29 is 0 Å². The number of hydrogen-bond acceptors (Lipinski definition) is 4. The summed E-state index contributed by atoms with van der Waals surface area (Å²) in [6, 6.07) is 12.6. The molecule has 21 heavy (non-hydrogen) atoms. The number of rotatable bonds is 5. The molecular formula is C17H20N4. The lowest BCUT2D eigenvalue weighted by atomic mass is 10.1. The Morgan fingerprint density at radius 2 is 1.95 bits per heavy atom. The summed E-state index contributed by atoms with van der Waals surface area (Å²) in [5.74, 6) is 1.02. The molecule has 4 nitrogen and oxygen atoms in total. The van der Waals surface area contributed by atoms with Crippen molar-refractivity contribution in [3.8, 4) is 0 Å². The van der Waals surface area contributed by atoms with Gasteiger partial charge >= 0.3 is 0 Å². The highest BCUT2D eigenvalue weighted by molar-refractivity contribution is 6.04. The third-order valence-electron chi connectivity index (χ3n) is 3.73. The van der Waals surface area contributed by atoms with Gasteiger partial charge in [0.1, 0.15) is 5.84 Å². The summed E-state index contributed by atoms with van der Waals surface area (Å²) >= 11 is 0. The largest absolute Gasteiger partial charge is 0.374 e. The van der Waals surface area contributed by atoms with Crippen molar-refractivity contribution in [2.45, 2.75) is 6.42 Å². The zero-order valence-electron chi connectivity index (χ0n) is 12.3. The number of nitrogens with one attached hydrogen (secondary N) is 1. The number of anilines is 1. The van der Waals surface area contributed by atoms with Crippen LogP contribution in [0.1, 0.15) is 11.1 Å². The molecule has 0 aliphatic carbocycles. The number of aliphatic imine (C=N–C) groups is 1. The average Bonchev–Trinajstić information content (AvgIpc) is 3.08. The van der Waals surface area contributed by atoms with E-state index in [1.807, 2.05) is 12.4 Å². The smallest absolute Gasteiger partial charge is 0.130 e. The Labute approximate surface area is 125 Å². The molecule has 0 saturated carbocycles. The Morgan fingerprint density at radius 1 is 1.14 bits per heavy atom. The first-order valence-corrected chi connectivity index (χ1v) is 7.32. The minimum absolute atomic E-state index is 0.865. The minimum Gasteiger partial charge on any atom is -0.374 e. The number of benzene rings is 1. The van der Waals surface area contributed by atoms with Gasteiger partial charge in [-0.3, -0.25) is 9.98 Å². The van der Waals surface area contributed by atoms with Crippen LogP contribution >= 0.6 is 0 Å². The first-order chi connectivity index (χ1) is 10.3. The summed E-state index contributed by atoms with van der Waals surface area (Å²) < 4.78 is 0. The van der Waals surface area contributed by atoms with Gasteiger partial charge in [-0.05, 0) is 36.2 Å². The fraction of sp³-hybridized carbons (Fsp3) is 0.294. The van der Waals surface area contributed by atoms with Crippen molar-refractivity contribution in [2.24, 2.45) is 4.99 Å². The van der Waals surface area contributed by atoms with E-state index >= 15 is 0 Å². The van der Waals surface area contributed by atoms with E-state index in [1.54, 1.807) is 0 Å². The van der Waals surface area contributed by atoms with Gasteiger partial charge in [0, 0.05) is 43.8 Å². The Morgan fingerprint density at radius 3 is 2.71 bits per heavy atom. The van der Waals surface area contributed by atoms with Crippen LogP contribution in [0, 0.1) is 0 Å². The molecule has 2 aromatic rings. The normalized spacial score (nSPS) is 13.7. The van der Waals surface area contributed by atoms with Gasteiger partial charge in [-0.25, -0.2) is 0 Å². The molecule has 4 heteroatoms. The molecule has 0 unspecified atom stereocenters. The standard InChI is InChI=1S/C17H20N4/c1-21(13-8-14-6-9-18-10-7-14)16-5-3-2-4-15(16)17-19-11-12-20-17/h2-7,9-10H,8,11-13H2,1H3,(H,19,20). The SMILES string of the molecule is CN(CCc1ccncc1)c1ccccc1C1=NCCN1. The molecule has 108 valence electrons. The first kappa shape index (κ1) is 13.6. The lowest BCUT2D eigenvalue weighted by molar-refractivity contribution is 0.873. The maximum absolute atomic E-state index is 4.54. The summed E-state index contributed by atoms with van der Waals surface area (Å²) in [5, 5.41) is 3.36. The highest BCUT2D eigenvalue weighted by Crippen LogP contribution is 2.20. The molecule has 2 heterocycles. The lowest BCUT2D eigenvalue weighted by Crippen LogP contribution is -2.26. The zero-order valence-corrected chi connectivity index (χ0v) is 12.3. The number of amidine groups is 1. The molecule has 1 aromatic heterocycles. The third-order valence-corrected chi connectivity index (χ3v) is 3.73. The Balaban J connectivity index is 1.74. The predicted octanol–water partition coefficient (Wildman–Crippen LogP) is 2.11. The van der Waals surface area contributed by atoms with E-state index in [-0.39, 0.29) is 0 Å². The zero-order chi connectivity index (χ0) is 14.5. The van der Waals surface area contributed by atoms with E-state index < -0.39 is 0 Å². The average molecular weight is 280 g/mol. The molecule has 0 saturated heterocycles. The fourth-order valence-corrected chi connectivity index (χ4v) is 2.55. The molecule has 0 radical (unpaired) electrons. The van der Waals surface area contributed by atoms with Crippen molar-refractivity contribution in [3.05, 3.63) is 59.9 Å². The quantitative estimate of drug-likeness (QED) is 0.912.